The van der Waals surface area contributed by atoms with Crippen LogP contribution >= 0.6 is 46.4 Å². The minimum atomic E-state index is -4.01. The number of carbonyl (C=O) groups is 1. The summed E-state index contributed by atoms with van der Waals surface area (Å²) in [7, 11) is -11.1. The molecule has 0 aliphatic carbocycles. The van der Waals surface area contributed by atoms with Crippen molar-refractivity contribution in [2.75, 3.05) is 19.6 Å². The van der Waals surface area contributed by atoms with Crippen LogP contribution in [0, 0.1) is 0 Å². The molecule has 9 N–H and O–H groups in total. The van der Waals surface area contributed by atoms with Crippen molar-refractivity contribution in [3.63, 3.8) is 0 Å². The molecule has 3 fully saturated rings. The lowest BCUT2D eigenvalue weighted by Crippen LogP contribution is -2.40. The Kier molecular flexibility index (Phi) is 16.2. The van der Waals surface area contributed by atoms with Crippen LogP contribution in [0.1, 0.15) is 56.7 Å². The number of hydrogen-bond acceptors (Lipinski definition) is 12. The molecule has 0 unspecified atom stereocenters. The smallest absolute Gasteiger partial charge is 0.322 e. The highest BCUT2D eigenvalue weighted by Crippen LogP contribution is 2.37. The number of benzene rings is 3. The number of aliphatic imine (C=N–C) groups is 2. The number of nitrogens with zero attached hydrogens (tertiary/aromatic N) is 8. The quantitative estimate of drug-likeness (QED) is 0.0533. The molecule has 3 saturated heterocycles. The van der Waals surface area contributed by atoms with Gasteiger partial charge in [-0.3, -0.25) is 4.79 Å². The third-order valence-electron chi connectivity index (χ3n) is 12.1. The number of aromatic nitrogens is 3. The lowest BCUT2D eigenvalue weighted by molar-refractivity contribution is -0.140. The van der Waals surface area contributed by atoms with Crippen molar-refractivity contribution in [3.8, 4) is 0 Å². The van der Waals surface area contributed by atoms with E-state index in [1.807, 2.05) is 13.8 Å². The highest BCUT2D eigenvalue weighted by Gasteiger charge is 2.40. The predicted molar refractivity (Wildman–Crippen MR) is 282 cm³/mol. The molecule has 6 aromatic rings. The molecule has 0 bridgehead atoms. The lowest BCUT2D eigenvalue weighted by atomic mass is 10.1. The molecule has 3 aromatic carbocycles. The zero-order valence-electron chi connectivity index (χ0n) is 38.0. The second-order valence-electron chi connectivity index (χ2n) is 16.8. The van der Waals surface area contributed by atoms with Gasteiger partial charge in [0.1, 0.15) is 11.2 Å². The van der Waals surface area contributed by atoms with Gasteiger partial charge in [-0.1, -0.05) is 64.6 Å². The monoisotopic (exact) mass is 1120 g/mol. The molecule has 384 valence electrons. The fraction of sp³-hybridized carbons (Fsp3) is 0.318. The van der Waals surface area contributed by atoms with Gasteiger partial charge in [-0.05, 0) is 88.8 Å². The molecule has 71 heavy (non-hydrogen) atoms. The summed E-state index contributed by atoms with van der Waals surface area (Å²) >= 11 is 24.4. The molecule has 0 amide bonds. The van der Waals surface area contributed by atoms with E-state index in [-0.39, 0.29) is 72.7 Å². The number of fused-ring (bicyclic) bond motifs is 3. The topological polar surface area (TPSA) is 317 Å². The third-order valence-corrected chi connectivity index (χ3v) is 19.2. The van der Waals surface area contributed by atoms with Crippen molar-refractivity contribution in [3.05, 3.63) is 93.4 Å². The van der Waals surface area contributed by atoms with Crippen LogP contribution in [0.5, 0.6) is 0 Å². The van der Waals surface area contributed by atoms with Crippen molar-refractivity contribution in [1.29, 1.82) is 0 Å². The molecule has 3 aliphatic rings. The molecule has 3 aromatic heterocycles. The van der Waals surface area contributed by atoms with Crippen LogP contribution in [-0.2, 0) is 34.9 Å². The SMILES string of the molecule is C[C@H]1CCCN1S(=O)(=O)c1ccc2c(Cl)cnc(Cl)c2c1.C[C@H]1CCCN1S(=O)(=O)c1ccc2c(Cl)cnc(N=C(N)N)c2c1.NC(N)=Nc1ncc(Cl)c2ccc(S(=O)(=O)N3CCC[C@@H]3C(=O)O)cc12.[2HH].[2HH].[2HH]. The summed E-state index contributed by atoms with van der Waals surface area (Å²) in [6.45, 7) is 5.07. The van der Waals surface area contributed by atoms with Crippen LogP contribution < -0.4 is 22.9 Å². The maximum atomic E-state index is 12.9. The molecule has 27 heteroatoms. The number of carboxylic acid groups (broad SMARTS) is 1. The van der Waals surface area contributed by atoms with Gasteiger partial charge in [-0.2, -0.15) is 22.9 Å². The highest BCUT2D eigenvalue weighted by molar-refractivity contribution is 7.89. The number of guanidine groups is 2. The van der Waals surface area contributed by atoms with E-state index in [4.69, 9.17) is 69.3 Å². The molecular formula is C44H54Cl4N12O8S3. The van der Waals surface area contributed by atoms with Crippen molar-refractivity contribution in [2.45, 2.75) is 85.2 Å². The number of carboxylic acids is 1. The zero-order valence-corrected chi connectivity index (χ0v) is 43.4. The summed E-state index contributed by atoms with van der Waals surface area (Å²) in [6.07, 6.45) is 8.51. The first-order valence-electron chi connectivity index (χ1n) is 21.8. The van der Waals surface area contributed by atoms with E-state index in [1.54, 1.807) is 34.6 Å². The summed E-state index contributed by atoms with van der Waals surface area (Å²) in [5.41, 5.74) is 21.6. The summed E-state index contributed by atoms with van der Waals surface area (Å²) in [4.78, 5) is 31.6. The predicted octanol–water partition coefficient (Wildman–Crippen LogP) is 7.45. The minimum Gasteiger partial charge on any atom is -0.480 e. The van der Waals surface area contributed by atoms with E-state index in [1.165, 1.54) is 47.2 Å². The van der Waals surface area contributed by atoms with E-state index < -0.39 is 42.1 Å². The van der Waals surface area contributed by atoms with Gasteiger partial charge < -0.3 is 28.0 Å². The molecule has 9 rings (SSSR count). The fourth-order valence-corrected chi connectivity index (χ4v) is 14.6. The Hall–Kier alpha value is -5.21. The first-order valence-corrected chi connectivity index (χ1v) is 27.6. The minimum absolute atomic E-state index is 0. The van der Waals surface area contributed by atoms with Gasteiger partial charge in [-0.15, -0.1) is 0 Å². The first-order chi connectivity index (χ1) is 33.4. The standard InChI is InChI=1S/C15H16ClN5O4S.C15H18ClN5O2S.C14H14Cl2N2O2S.3H2/c16-11-7-19-13(20-15(17)18)10-6-8(3-4-9(10)11)26(24,25)21-5-1-2-12(21)14(22)23;1-9-3-2-6-21(9)24(22,23)10-4-5-11-12(7-10)14(20-15(17)18)19-8-13(11)16;1-9-3-2-6-18(9)21(19,20)10-4-5-11-12(7-10)14(16)17-8-13(11)15;;;/h3-4,6-7,12H,1-2,5H2,(H,22,23)(H4,17,18,19,20);4-5,7-9H,2-3,6H2,1H3,(H4,17,18,19,20);4-5,7-9H,2-3,6H2,1H3;3*1H/t12-;2*9-;;;/m100.../s1/i;;;3*1+1. The van der Waals surface area contributed by atoms with Gasteiger partial charge >= 0.3 is 5.97 Å². The van der Waals surface area contributed by atoms with E-state index in [2.05, 4.69) is 24.9 Å². The fourth-order valence-electron chi connectivity index (χ4n) is 8.61. The van der Waals surface area contributed by atoms with Crippen molar-refractivity contribution >= 4 is 138 Å². The molecule has 0 saturated carbocycles. The molecule has 3 atom stereocenters. The van der Waals surface area contributed by atoms with E-state index in [9.17, 15) is 35.2 Å². The molecule has 0 radical (unpaired) electrons. The van der Waals surface area contributed by atoms with Gasteiger partial charge in [-0.25, -0.2) is 40.2 Å². The Balaban J connectivity index is 0.000000237. The maximum Gasteiger partial charge on any atom is 0.322 e. The van der Waals surface area contributed by atoms with Crippen LogP contribution in [0.4, 0.5) is 11.6 Å². The van der Waals surface area contributed by atoms with Gasteiger partial charge in [0.25, 0.3) is 0 Å². The molecule has 0 spiro atoms. The molecule has 3 aliphatic heterocycles. The lowest BCUT2D eigenvalue weighted by Gasteiger charge is -2.21. The molecule has 20 nitrogen and oxygen atoms in total. The van der Waals surface area contributed by atoms with Gasteiger partial charge in [0.15, 0.2) is 23.6 Å². The van der Waals surface area contributed by atoms with E-state index >= 15 is 0 Å². The third kappa shape index (κ3) is 11.2. The number of rotatable bonds is 9. The average Bonchev–Trinajstić information content (AvgIpc) is 4.12. The van der Waals surface area contributed by atoms with E-state index in [0.29, 0.717) is 66.9 Å². The first kappa shape index (κ1) is 53.6. The van der Waals surface area contributed by atoms with Crippen LogP contribution in [-0.4, -0.2) is 114 Å². The van der Waals surface area contributed by atoms with E-state index in [0.717, 1.165) is 30.0 Å². The highest BCUT2D eigenvalue weighted by atomic mass is 35.5. The van der Waals surface area contributed by atoms with Crippen LogP contribution in [0.25, 0.3) is 32.3 Å². The Morgan fingerprint density at radius 1 is 0.563 bits per heavy atom. The number of sulfonamides is 3. The number of pyridine rings is 3. The second kappa shape index (κ2) is 21.5. The molecular weight excluding hydrogens is 1060 g/mol. The summed E-state index contributed by atoms with van der Waals surface area (Å²) in [6, 6.07) is 12.7. The number of hydrogen-bond donors (Lipinski definition) is 5. The van der Waals surface area contributed by atoms with Gasteiger partial charge in [0.05, 0.1) is 29.8 Å². The maximum absolute atomic E-state index is 12.9. The van der Waals surface area contributed by atoms with Crippen LogP contribution in [0.15, 0.2) is 97.9 Å². The largest absolute Gasteiger partial charge is 0.480 e. The van der Waals surface area contributed by atoms with Gasteiger partial charge in [0.2, 0.25) is 30.1 Å². The Labute approximate surface area is 434 Å². The Morgan fingerprint density at radius 2 is 0.915 bits per heavy atom. The van der Waals surface area contributed by atoms with Crippen LogP contribution in [0.2, 0.25) is 20.2 Å². The summed E-state index contributed by atoms with van der Waals surface area (Å²) in [5, 5.41) is 13.9. The molecule has 6 heterocycles. The van der Waals surface area contributed by atoms with Crippen LogP contribution in [0.3, 0.4) is 0 Å². The van der Waals surface area contributed by atoms with Gasteiger partial charge in [0, 0.05) is 86.9 Å². The summed E-state index contributed by atoms with van der Waals surface area (Å²) in [5.74, 6) is -1.20. The average molecular weight is 1120 g/mol. The summed E-state index contributed by atoms with van der Waals surface area (Å²) < 4.78 is 81.1. The van der Waals surface area contributed by atoms with Crippen molar-refractivity contribution in [1.82, 2.24) is 27.9 Å². The van der Waals surface area contributed by atoms with Crippen molar-refractivity contribution in [2.24, 2.45) is 32.9 Å². The Bertz CT molecular complexity index is 3490. The normalized spacial score (nSPS) is 19.0. The van der Waals surface area contributed by atoms with Crippen molar-refractivity contribution < 1.29 is 39.4 Å². The Morgan fingerprint density at radius 3 is 1.30 bits per heavy atom. The zero-order chi connectivity index (χ0) is 51.7. The number of nitrogens with two attached hydrogens (primary N) is 4. The number of aliphatic carboxylic acids is 1. The second-order valence-corrected chi connectivity index (χ2v) is 24.0. The number of halogens is 4.